The highest BCUT2D eigenvalue weighted by molar-refractivity contribution is 6.31. The van der Waals surface area contributed by atoms with Gasteiger partial charge >= 0.3 is 5.97 Å². The number of esters is 1. The van der Waals surface area contributed by atoms with Gasteiger partial charge in [0.05, 0.1) is 23.5 Å². The Labute approximate surface area is 104 Å². The zero-order chi connectivity index (χ0) is 13.0. The number of carbonyl (C=O) groups is 2. The van der Waals surface area contributed by atoms with Crippen molar-refractivity contribution in [1.82, 2.24) is 15.1 Å². The maximum atomic E-state index is 11.5. The molecule has 1 amide bonds. The van der Waals surface area contributed by atoms with E-state index in [1.165, 1.54) is 11.8 Å². The topological polar surface area (TPSA) is 73.2 Å². The van der Waals surface area contributed by atoms with Gasteiger partial charge in [-0.15, -0.1) is 0 Å². The highest BCUT2D eigenvalue weighted by Gasteiger charge is 2.12. The number of carbonyl (C=O) groups excluding carboxylic acids is 2. The molecular formula is C10H14ClN3O3. The molecule has 0 unspecified atom stereocenters. The summed E-state index contributed by atoms with van der Waals surface area (Å²) >= 11 is 5.94. The van der Waals surface area contributed by atoms with Crippen LogP contribution < -0.4 is 5.32 Å². The molecule has 1 rings (SSSR count). The molecular weight excluding hydrogens is 246 g/mol. The molecule has 1 aromatic heterocycles. The number of hydrogen-bond acceptors (Lipinski definition) is 4. The van der Waals surface area contributed by atoms with Gasteiger partial charge in [-0.1, -0.05) is 11.6 Å². The van der Waals surface area contributed by atoms with E-state index in [9.17, 15) is 9.59 Å². The van der Waals surface area contributed by atoms with Crippen LogP contribution in [-0.4, -0.2) is 35.3 Å². The first-order valence-corrected chi connectivity index (χ1v) is 5.36. The number of rotatable bonds is 4. The van der Waals surface area contributed by atoms with Crippen molar-refractivity contribution in [3.05, 3.63) is 16.4 Å². The first-order valence-electron chi connectivity index (χ1n) is 4.98. The van der Waals surface area contributed by atoms with Gasteiger partial charge in [0.2, 0.25) is 5.91 Å². The second kappa shape index (κ2) is 5.67. The quantitative estimate of drug-likeness (QED) is 0.797. The lowest BCUT2D eigenvalue weighted by Crippen LogP contribution is -2.33. The molecule has 0 saturated carbocycles. The fourth-order valence-corrected chi connectivity index (χ4v) is 1.40. The molecule has 0 aromatic carbocycles. The normalized spacial score (nSPS) is 10.1. The van der Waals surface area contributed by atoms with E-state index >= 15 is 0 Å². The molecule has 94 valence electrons. The largest absolute Gasteiger partial charge is 0.468 e. The van der Waals surface area contributed by atoms with Crippen LogP contribution in [0.1, 0.15) is 11.4 Å². The predicted molar refractivity (Wildman–Crippen MR) is 61.7 cm³/mol. The predicted octanol–water partition coefficient (Wildman–Crippen LogP) is 0.443. The Morgan fingerprint density at radius 3 is 2.59 bits per heavy atom. The molecule has 0 fully saturated rings. The summed E-state index contributed by atoms with van der Waals surface area (Å²) in [5.41, 5.74) is 1.39. The molecule has 0 spiro atoms. The van der Waals surface area contributed by atoms with E-state index in [1.807, 2.05) is 0 Å². The van der Waals surface area contributed by atoms with E-state index in [0.717, 1.165) is 5.69 Å². The van der Waals surface area contributed by atoms with Crippen molar-refractivity contribution in [3.63, 3.8) is 0 Å². The molecule has 0 radical (unpaired) electrons. The standard InChI is InChI=1S/C10H14ClN3O3/c1-6-10(11)7(2)14(13-6)5-8(15)12-4-9(16)17-3/h4-5H2,1-3H3,(H,12,15). The first kappa shape index (κ1) is 13.5. The highest BCUT2D eigenvalue weighted by atomic mass is 35.5. The number of methoxy groups -OCH3 is 1. The van der Waals surface area contributed by atoms with Gasteiger partial charge in [0, 0.05) is 0 Å². The molecule has 7 heteroatoms. The number of aryl methyl sites for hydroxylation is 1. The lowest BCUT2D eigenvalue weighted by Gasteiger charge is -2.05. The maximum Gasteiger partial charge on any atom is 0.325 e. The van der Waals surface area contributed by atoms with E-state index < -0.39 is 5.97 Å². The summed E-state index contributed by atoms with van der Waals surface area (Å²) in [6.45, 7) is 3.41. The molecule has 0 atom stereocenters. The number of hydrogen-bond donors (Lipinski definition) is 1. The number of amides is 1. The summed E-state index contributed by atoms with van der Waals surface area (Å²) < 4.78 is 5.89. The smallest absolute Gasteiger partial charge is 0.325 e. The zero-order valence-corrected chi connectivity index (χ0v) is 10.7. The van der Waals surface area contributed by atoms with Crippen LogP contribution in [0.4, 0.5) is 0 Å². The summed E-state index contributed by atoms with van der Waals surface area (Å²) in [5, 5.41) is 7.07. The molecule has 0 aliphatic heterocycles. The van der Waals surface area contributed by atoms with Crippen LogP contribution in [-0.2, 0) is 20.9 Å². The van der Waals surface area contributed by atoms with Crippen LogP contribution >= 0.6 is 11.6 Å². The number of nitrogens with one attached hydrogen (secondary N) is 1. The van der Waals surface area contributed by atoms with Crippen molar-refractivity contribution in [2.45, 2.75) is 20.4 Å². The minimum Gasteiger partial charge on any atom is -0.468 e. The Kier molecular flexibility index (Phi) is 4.51. The minimum atomic E-state index is -0.496. The number of nitrogens with zero attached hydrogens (tertiary/aromatic N) is 2. The lowest BCUT2D eigenvalue weighted by molar-refractivity contribution is -0.141. The van der Waals surface area contributed by atoms with Crippen LogP contribution in [0.25, 0.3) is 0 Å². The van der Waals surface area contributed by atoms with E-state index in [4.69, 9.17) is 11.6 Å². The molecule has 0 aliphatic carbocycles. The highest BCUT2D eigenvalue weighted by Crippen LogP contribution is 2.18. The van der Waals surface area contributed by atoms with Crippen molar-refractivity contribution in [2.75, 3.05) is 13.7 Å². The van der Waals surface area contributed by atoms with Crippen molar-refractivity contribution in [3.8, 4) is 0 Å². The van der Waals surface area contributed by atoms with Crippen molar-refractivity contribution in [2.24, 2.45) is 0 Å². The van der Waals surface area contributed by atoms with Crippen molar-refractivity contribution >= 4 is 23.5 Å². The molecule has 0 aliphatic rings. The average molecular weight is 260 g/mol. The third-order valence-electron chi connectivity index (χ3n) is 2.24. The Morgan fingerprint density at radius 1 is 1.47 bits per heavy atom. The molecule has 6 nitrogen and oxygen atoms in total. The van der Waals surface area contributed by atoms with Crippen molar-refractivity contribution in [1.29, 1.82) is 0 Å². The molecule has 0 saturated heterocycles. The van der Waals surface area contributed by atoms with Crippen LogP contribution in [0.3, 0.4) is 0 Å². The summed E-state index contributed by atoms with van der Waals surface area (Å²) in [4.78, 5) is 22.3. The molecule has 1 aromatic rings. The van der Waals surface area contributed by atoms with Gasteiger partial charge in [0.1, 0.15) is 13.1 Å². The minimum absolute atomic E-state index is 0.0242. The van der Waals surface area contributed by atoms with E-state index in [1.54, 1.807) is 13.8 Å². The van der Waals surface area contributed by atoms with Gasteiger partial charge in [0.15, 0.2) is 0 Å². The Morgan fingerprint density at radius 2 is 2.12 bits per heavy atom. The summed E-state index contributed by atoms with van der Waals surface area (Å²) in [6.07, 6.45) is 0. The van der Waals surface area contributed by atoms with Crippen LogP contribution in [0.15, 0.2) is 0 Å². The fourth-order valence-electron chi connectivity index (χ4n) is 1.26. The molecule has 0 bridgehead atoms. The first-order chi connectivity index (χ1) is 7.95. The van der Waals surface area contributed by atoms with Gasteiger partial charge < -0.3 is 10.1 Å². The number of halogens is 1. The second-order valence-corrected chi connectivity index (χ2v) is 3.87. The maximum absolute atomic E-state index is 11.5. The van der Waals surface area contributed by atoms with Gasteiger partial charge in [-0.25, -0.2) is 0 Å². The van der Waals surface area contributed by atoms with Gasteiger partial charge in [-0.2, -0.15) is 5.10 Å². The summed E-state index contributed by atoms with van der Waals surface area (Å²) in [7, 11) is 1.26. The monoisotopic (exact) mass is 259 g/mol. The Bertz CT molecular complexity index is 442. The second-order valence-electron chi connectivity index (χ2n) is 3.50. The van der Waals surface area contributed by atoms with E-state index in [2.05, 4.69) is 15.2 Å². The lowest BCUT2D eigenvalue weighted by atomic mass is 10.4. The zero-order valence-electron chi connectivity index (χ0n) is 9.91. The number of aromatic nitrogens is 2. The van der Waals surface area contributed by atoms with Crippen LogP contribution in [0, 0.1) is 13.8 Å². The van der Waals surface area contributed by atoms with Gasteiger partial charge in [-0.3, -0.25) is 14.3 Å². The van der Waals surface area contributed by atoms with Gasteiger partial charge in [0.25, 0.3) is 0 Å². The van der Waals surface area contributed by atoms with E-state index in [-0.39, 0.29) is 19.0 Å². The third kappa shape index (κ3) is 3.45. The molecule has 1 heterocycles. The van der Waals surface area contributed by atoms with Crippen LogP contribution in [0.2, 0.25) is 5.02 Å². The molecule has 1 N–H and O–H groups in total. The SMILES string of the molecule is COC(=O)CNC(=O)Cn1nc(C)c(Cl)c1C. The summed E-state index contributed by atoms with van der Waals surface area (Å²) in [5.74, 6) is -0.817. The Hall–Kier alpha value is -1.56. The number of ether oxygens (including phenoxy) is 1. The average Bonchev–Trinajstić information content (AvgIpc) is 2.54. The Balaban J connectivity index is 2.56. The third-order valence-corrected chi connectivity index (χ3v) is 2.79. The fraction of sp³-hybridized carbons (Fsp3) is 0.500. The summed E-state index contributed by atoms with van der Waals surface area (Å²) in [6, 6.07) is 0. The molecule has 17 heavy (non-hydrogen) atoms. The van der Waals surface area contributed by atoms with E-state index in [0.29, 0.717) is 10.7 Å². The van der Waals surface area contributed by atoms with Crippen LogP contribution in [0.5, 0.6) is 0 Å². The van der Waals surface area contributed by atoms with Gasteiger partial charge in [-0.05, 0) is 13.8 Å². The van der Waals surface area contributed by atoms with Crippen molar-refractivity contribution < 1.29 is 14.3 Å².